The number of carboxylic acids is 1. The van der Waals surface area contributed by atoms with E-state index in [-0.39, 0.29) is 25.0 Å². The first kappa shape index (κ1) is 25.4. The molecule has 7 heteroatoms. The number of ether oxygens (including phenoxy) is 1. The number of aryl methyl sites for hydroxylation is 1. The molecule has 1 atom stereocenters. The van der Waals surface area contributed by atoms with Crippen molar-refractivity contribution >= 4 is 11.9 Å². The van der Waals surface area contributed by atoms with Crippen LogP contribution in [-0.2, 0) is 9.59 Å². The van der Waals surface area contributed by atoms with E-state index in [9.17, 15) is 9.59 Å². The monoisotopic (exact) mass is 392 g/mol. The van der Waals surface area contributed by atoms with Crippen LogP contribution in [0.2, 0.25) is 0 Å². The highest BCUT2D eigenvalue weighted by Gasteiger charge is 2.08. The summed E-state index contributed by atoms with van der Waals surface area (Å²) in [7, 11) is 0. The Morgan fingerprint density at radius 2 is 1.89 bits per heavy atom. The van der Waals surface area contributed by atoms with E-state index in [1.807, 2.05) is 31.2 Å². The number of unbranched alkanes of at least 4 members (excludes halogenated alkanes) is 2. The molecule has 1 amide bonds. The zero-order valence-corrected chi connectivity index (χ0v) is 16.5. The van der Waals surface area contributed by atoms with Gasteiger partial charge in [0.25, 0.3) is 5.91 Å². The van der Waals surface area contributed by atoms with Crippen LogP contribution in [0.25, 0.3) is 0 Å². The highest BCUT2D eigenvalue weighted by molar-refractivity contribution is 5.77. The lowest BCUT2D eigenvalue weighted by Gasteiger charge is -2.07. The number of aliphatic hydroxyl groups excluding tert-OH is 1. The second kappa shape index (κ2) is 16.6. The number of carboxylic acid groups (broad SMARTS) is 1. The van der Waals surface area contributed by atoms with Crippen LogP contribution in [0.4, 0.5) is 0 Å². The molecule has 0 bridgehead atoms. The fraction of sp³-hybridized carbons (Fsp3) is 0.524. The zero-order chi connectivity index (χ0) is 21.2. The van der Waals surface area contributed by atoms with Crippen LogP contribution < -0.4 is 15.4 Å². The minimum Gasteiger partial charge on any atom is -0.484 e. The number of β-amino-alcohol motifs (C(OH)–C–C–N with tert-alkyl or cyclic N) is 1. The molecule has 156 valence electrons. The number of carbonyl (C=O) groups is 2. The van der Waals surface area contributed by atoms with Crippen LogP contribution >= 0.6 is 0 Å². The van der Waals surface area contributed by atoms with Crippen LogP contribution in [0.1, 0.15) is 37.7 Å². The summed E-state index contributed by atoms with van der Waals surface area (Å²) in [6, 6.07) is 7.51. The van der Waals surface area contributed by atoms with Gasteiger partial charge in [-0.2, -0.15) is 0 Å². The Hall–Kier alpha value is -2.56. The molecule has 1 aromatic rings. The molecule has 1 aliphatic heterocycles. The van der Waals surface area contributed by atoms with Gasteiger partial charge in [-0.25, -0.2) is 0 Å². The molecule has 0 saturated carbocycles. The number of terminal acetylenes is 1. The second-order valence-corrected chi connectivity index (χ2v) is 6.30. The Balaban J connectivity index is 0.000000759. The number of carbonyl (C=O) groups excluding carboxylic acids is 1. The van der Waals surface area contributed by atoms with E-state index >= 15 is 0 Å². The van der Waals surface area contributed by atoms with Gasteiger partial charge >= 0.3 is 5.97 Å². The summed E-state index contributed by atoms with van der Waals surface area (Å²) >= 11 is 0. The Morgan fingerprint density at radius 3 is 2.39 bits per heavy atom. The number of hydrogen-bond acceptors (Lipinski definition) is 5. The molecule has 1 aliphatic rings. The molecule has 7 nitrogen and oxygen atoms in total. The van der Waals surface area contributed by atoms with Crippen molar-refractivity contribution in [3.8, 4) is 18.6 Å². The highest BCUT2D eigenvalue weighted by atomic mass is 16.5. The van der Waals surface area contributed by atoms with Gasteiger partial charge in [0, 0.05) is 19.5 Å². The normalized spacial score (nSPS) is 14.6. The van der Waals surface area contributed by atoms with E-state index in [1.54, 1.807) is 0 Å². The van der Waals surface area contributed by atoms with Crippen molar-refractivity contribution in [3.05, 3.63) is 29.8 Å². The number of rotatable bonds is 9. The van der Waals surface area contributed by atoms with Crippen molar-refractivity contribution < 1.29 is 24.5 Å². The van der Waals surface area contributed by atoms with Crippen LogP contribution in [0.3, 0.4) is 0 Å². The topological polar surface area (TPSA) is 108 Å². The molecule has 1 heterocycles. The van der Waals surface area contributed by atoms with Crippen molar-refractivity contribution in [2.24, 2.45) is 0 Å². The van der Waals surface area contributed by atoms with E-state index in [1.165, 1.54) is 0 Å². The average molecular weight is 392 g/mol. The third-order valence-electron chi connectivity index (χ3n) is 3.81. The van der Waals surface area contributed by atoms with Crippen LogP contribution in [-0.4, -0.2) is 54.4 Å². The highest BCUT2D eigenvalue weighted by Crippen LogP contribution is 2.10. The molecule has 0 radical (unpaired) electrons. The summed E-state index contributed by atoms with van der Waals surface area (Å²) in [4.78, 5) is 21.8. The van der Waals surface area contributed by atoms with Crippen LogP contribution in [0, 0.1) is 19.8 Å². The zero-order valence-electron chi connectivity index (χ0n) is 16.5. The summed E-state index contributed by atoms with van der Waals surface area (Å²) < 4.78 is 5.34. The van der Waals surface area contributed by atoms with Crippen molar-refractivity contribution in [3.63, 3.8) is 0 Å². The van der Waals surface area contributed by atoms with Gasteiger partial charge in [-0.1, -0.05) is 24.1 Å². The van der Waals surface area contributed by atoms with Gasteiger partial charge in [-0.3, -0.25) is 9.59 Å². The number of hydrogen-bond donors (Lipinski definition) is 4. The van der Waals surface area contributed by atoms with Gasteiger partial charge in [0.1, 0.15) is 5.75 Å². The van der Waals surface area contributed by atoms with Crippen molar-refractivity contribution in [2.45, 2.75) is 45.1 Å². The van der Waals surface area contributed by atoms with Gasteiger partial charge in [0.2, 0.25) is 0 Å². The van der Waals surface area contributed by atoms with Gasteiger partial charge in [0.05, 0.1) is 6.10 Å². The summed E-state index contributed by atoms with van der Waals surface area (Å²) in [6.07, 6.45) is 11.3. The fourth-order valence-electron chi connectivity index (χ4n) is 2.28. The molecule has 0 aliphatic carbocycles. The first-order valence-corrected chi connectivity index (χ1v) is 9.37. The first-order chi connectivity index (χ1) is 13.5. The van der Waals surface area contributed by atoms with Crippen molar-refractivity contribution in [1.82, 2.24) is 10.6 Å². The Labute approximate surface area is 167 Å². The van der Waals surface area contributed by atoms with Gasteiger partial charge < -0.3 is 25.6 Å². The number of nitrogens with one attached hydrogen (secondary N) is 2. The molecule has 0 unspecified atom stereocenters. The summed E-state index contributed by atoms with van der Waals surface area (Å²) in [5.74, 6) is -0.267. The maximum atomic E-state index is 11.5. The number of amides is 1. The summed E-state index contributed by atoms with van der Waals surface area (Å²) in [6.45, 7) is 4.32. The Kier molecular flexibility index (Phi) is 15.1. The smallest absolute Gasteiger partial charge is 0.303 e. The Bertz CT molecular complexity index is 566. The van der Waals surface area contributed by atoms with Crippen molar-refractivity contribution in [1.29, 1.82) is 0 Å². The molecule has 0 spiro atoms. The number of benzene rings is 1. The molecule has 0 aromatic heterocycles. The predicted molar refractivity (Wildman–Crippen MR) is 109 cm³/mol. The molecule has 2 rings (SSSR count). The van der Waals surface area contributed by atoms with E-state index in [4.69, 9.17) is 14.9 Å². The predicted octanol–water partition coefficient (Wildman–Crippen LogP) is 1.73. The third kappa shape index (κ3) is 14.6. The quantitative estimate of drug-likeness (QED) is 0.377. The third-order valence-corrected chi connectivity index (χ3v) is 3.81. The maximum absolute atomic E-state index is 11.5. The summed E-state index contributed by atoms with van der Waals surface area (Å²) in [5.41, 5.74) is 1.14. The van der Waals surface area contributed by atoms with Crippen LogP contribution in [0.5, 0.6) is 5.75 Å². The molecular weight excluding hydrogens is 360 g/mol. The van der Waals surface area contributed by atoms with E-state index in [0.29, 0.717) is 18.7 Å². The minimum absolute atomic E-state index is 0.00180. The van der Waals surface area contributed by atoms with Gasteiger partial charge in [-0.05, 0) is 44.9 Å². The molecule has 28 heavy (non-hydrogen) atoms. The average Bonchev–Trinajstić information content (AvgIpc) is 3.17. The van der Waals surface area contributed by atoms with E-state index in [2.05, 4.69) is 23.5 Å². The minimum atomic E-state index is -0.777. The molecule has 1 saturated heterocycles. The molecular formula is C21H32N2O5. The van der Waals surface area contributed by atoms with E-state index < -0.39 is 5.97 Å². The lowest BCUT2D eigenvalue weighted by molar-refractivity contribution is -0.137. The lowest BCUT2D eigenvalue weighted by Crippen LogP contribution is -2.29. The van der Waals surface area contributed by atoms with Crippen molar-refractivity contribution in [2.75, 3.05) is 26.2 Å². The Morgan fingerprint density at radius 1 is 1.21 bits per heavy atom. The largest absolute Gasteiger partial charge is 0.484 e. The second-order valence-electron chi connectivity index (χ2n) is 6.30. The summed E-state index contributed by atoms with van der Waals surface area (Å²) in [5, 5.41) is 22.9. The number of aliphatic hydroxyl groups is 1. The number of aliphatic carboxylic acids is 1. The molecule has 4 N–H and O–H groups in total. The van der Waals surface area contributed by atoms with Gasteiger partial charge in [-0.15, -0.1) is 12.8 Å². The van der Waals surface area contributed by atoms with Gasteiger partial charge in [0.15, 0.2) is 6.61 Å². The lowest BCUT2D eigenvalue weighted by atomic mass is 10.2. The van der Waals surface area contributed by atoms with E-state index in [0.717, 1.165) is 37.9 Å². The van der Waals surface area contributed by atoms with Crippen LogP contribution in [0.15, 0.2) is 24.3 Å². The molecule has 1 aromatic carbocycles. The maximum Gasteiger partial charge on any atom is 0.303 e. The SMILES string of the molecule is C#C.Cc1ccc(OCC(=O)NCCCCCC(=O)O)cc1.O[C@@H]1CCNC1. The standard InChI is InChI=1S/C15H21NO4.C4H9NO.C2H2/c1-12-6-8-13(9-7-12)20-11-14(17)16-10-4-2-3-5-15(18)19;6-4-1-2-5-3-4;1-2/h6-9H,2-5,10-11H2,1H3,(H,16,17)(H,18,19);4-6H,1-3H2;1-2H/t;4-;/m.1./s1. The fourth-order valence-corrected chi connectivity index (χ4v) is 2.28. The molecule has 1 fully saturated rings. The first-order valence-electron chi connectivity index (χ1n) is 9.37.